The molecule has 0 bridgehead atoms. The first-order valence-corrected chi connectivity index (χ1v) is 9.07. The molecule has 0 aliphatic heterocycles. The van der Waals surface area contributed by atoms with Gasteiger partial charge in [0, 0.05) is 13.0 Å². The van der Waals surface area contributed by atoms with Crippen molar-refractivity contribution in [3.63, 3.8) is 0 Å². The number of sulfone groups is 1. The Morgan fingerprint density at radius 2 is 1.90 bits per heavy atom. The molecule has 0 saturated heterocycles. The number of amides is 1. The SMILES string of the molecule is CCC(=O)NC[C@@H](c1ccccc1)S(=O)(=O)c1cccs1. The highest BCUT2D eigenvalue weighted by Gasteiger charge is 2.30. The van der Waals surface area contributed by atoms with Gasteiger partial charge in [0.25, 0.3) is 0 Å². The molecule has 0 radical (unpaired) electrons. The molecule has 1 atom stereocenters. The van der Waals surface area contributed by atoms with Crippen molar-refractivity contribution < 1.29 is 13.2 Å². The summed E-state index contributed by atoms with van der Waals surface area (Å²) in [6.45, 7) is 1.82. The second-order valence-electron chi connectivity index (χ2n) is 4.53. The molecule has 2 rings (SSSR count). The number of benzene rings is 1. The lowest BCUT2D eigenvalue weighted by atomic mass is 10.1. The van der Waals surface area contributed by atoms with Crippen LogP contribution in [-0.2, 0) is 14.6 Å². The summed E-state index contributed by atoms with van der Waals surface area (Å²) >= 11 is 1.19. The first kappa shape index (κ1) is 15.7. The predicted molar refractivity (Wildman–Crippen MR) is 84.0 cm³/mol. The van der Waals surface area contributed by atoms with Crippen molar-refractivity contribution in [2.45, 2.75) is 22.8 Å². The third-order valence-corrected chi connectivity index (χ3v) is 6.66. The van der Waals surface area contributed by atoms with Gasteiger partial charge < -0.3 is 5.32 Å². The van der Waals surface area contributed by atoms with E-state index in [4.69, 9.17) is 0 Å². The van der Waals surface area contributed by atoms with Crippen LogP contribution in [0.4, 0.5) is 0 Å². The molecular formula is C15H17NO3S2. The Labute approximate surface area is 128 Å². The first-order chi connectivity index (χ1) is 10.1. The monoisotopic (exact) mass is 323 g/mol. The van der Waals surface area contributed by atoms with Crippen LogP contribution in [0.5, 0.6) is 0 Å². The van der Waals surface area contributed by atoms with Gasteiger partial charge in [-0.3, -0.25) is 4.79 Å². The van der Waals surface area contributed by atoms with Gasteiger partial charge in [-0.05, 0) is 17.0 Å². The Morgan fingerprint density at radius 3 is 2.48 bits per heavy atom. The van der Waals surface area contributed by atoms with E-state index in [0.29, 0.717) is 16.2 Å². The smallest absolute Gasteiger partial charge is 0.219 e. The zero-order chi connectivity index (χ0) is 15.3. The van der Waals surface area contributed by atoms with Gasteiger partial charge in [-0.2, -0.15) is 0 Å². The van der Waals surface area contributed by atoms with Crippen molar-refractivity contribution in [3.8, 4) is 0 Å². The van der Waals surface area contributed by atoms with E-state index in [1.54, 1.807) is 48.7 Å². The van der Waals surface area contributed by atoms with E-state index in [1.807, 2.05) is 6.07 Å². The summed E-state index contributed by atoms with van der Waals surface area (Å²) in [5.74, 6) is -0.155. The highest BCUT2D eigenvalue weighted by Crippen LogP contribution is 2.30. The molecule has 1 heterocycles. The molecule has 1 aromatic heterocycles. The maximum atomic E-state index is 12.8. The van der Waals surface area contributed by atoms with Crippen LogP contribution in [0.25, 0.3) is 0 Å². The van der Waals surface area contributed by atoms with Crippen molar-refractivity contribution in [3.05, 3.63) is 53.4 Å². The molecule has 112 valence electrons. The summed E-state index contributed by atoms with van der Waals surface area (Å²) in [5.41, 5.74) is 0.683. The number of thiophene rings is 1. The van der Waals surface area contributed by atoms with Crippen molar-refractivity contribution in [2.75, 3.05) is 6.54 Å². The molecule has 4 nitrogen and oxygen atoms in total. The standard InChI is InChI=1S/C15H17NO3S2/c1-2-14(17)16-11-13(12-7-4-3-5-8-12)21(18,19)15-9-6-10-20-15/h3-10,13H,2,11H2,1H3,(H,16,17)/t13-/m0/s1. The zero-order valence-electron chi connectivity index (χ0n) is 11.7. The molecule has 0 aliphatic carbocycles. The second-order valence-corrected chi connectivity index (χ2v) is 7.84. The molecule has 6 heteroatoms. The van der Waals surface area contributed by atoms with Crippen LogP contribution in [-0.4, -0.2) is 20.9 Å². The Morgan fingerprint density at radius 1 is 1.19 bits per heavy atom. The van der Waals surface area contributed by atoms with Crippen LogP contribution in [0.15, 0.2) is 52.1 Å². The summed E-state index contributed by atoms with van der Waals surface area (Å²) in [6.07, 6.45) is 0.334. The van der Waals surface area contributed by atoms with Crippen LogP contribution in [0, 0.1) is 0 Å². The van der Waals surface area contributed by atoms with Crippen LogP contribution >= 0.6 is 11.3 Å². The van der Waals surface area contributed by atoms with Gasteiger partial charge in [-0.1, -0.05) is 43.3 Å². The van der Waals surface area contributed by atoms with Gasteiger partial charge in [0.15, 0.2) is 9.84 Å². The molecule has 1 N–H and O–H groups in total. The summed E-state index contributed by atoms with van der Waals surface area (Å²) in [7, 11) is -3.51. The summed E-state index contributed by atoms with van der Waals surface area (Å²) in [4.78, 5) is 11.5. The van der Waals surface area contributed by atoms with Crippen molar-refractivity contribution in [1.82, 2.24) is 5.32 Å². The van der Waals surface area contributed by atoms with E-state index in [-0.39, 0.29) is 12.5 Å². The molecule has 0 fully saturated rings. The molecule has 21 heavy (non-hydrogen) atoms. The van der Waals surface area contributed by atoms with Gasteiger partial charge in [-0.15, -0.1) is 11.3 Å². The van der Waals surface area contributed by atoms with E-state index in [0.717, 1.165) is 0 Å². The number of hydrogen-bond donors (Lipinski definition) is 1. The first-order valence-electron chi connectivity index (χ1n) is 6.64. The topological polar surface area (TPSA) is 63.2 Å². The van der Waals surface area contributed by atoms with Gasteiger partial charge >= 0.3 is 0 Å². The van der Waals surface area contributed by atoms with Gasteiger partial charge in [0.2, 0.25) is 5.91 Å². The van der Waals surface area contributed by atoms with Gasteiger partial charge in [0.1, 0.15) is 9.46 Å². The Hall–Kier alpha value is -1.66. The number of rotatable bonds is 6. The molecule has 0 saturated carbocycles. The molecule has 2 aromatic rings. The normalized spacial score (nSPS) is 12.8. The van der Waals surface area contributed by atoms with E-state index in [9.17, 15) is 13.2 Å². The predicted octanol–water partition coefficient (Wildman–Crippen LogP) is 2.79. The minimum absolute atomic E-state index is 0.0803. The Kier molecular flexibility index (Phi) is 5.14. The summed E-state index contributed by atoms with van der Waals surface area (Å²) in [5, 5.41) is 3.65. The minimum Gasteiger partial charge on any atom is -0.354 e. The van der Waals surface area contributed by atoms with E-state index >= 15 is 0 Å². The minimum atomic E-state index is -3.51. The van der Waals surface area contributed by atoms with Crippen molar-refractivity contribution >= 4 is 27.1 Å². The zero-order valence-corrected chi connectivity index (χ0v) is 13.3. The quantitative estimate of drug-likeness (QED) is 0.889. The van der Waals surface area contributed by atoms with Gasteiger partial charge in [0.05, 0.1) is 0 Å². The van der Waals surface area contributed by atoms with Crippen LogP contribution in [0.2, 0.25) is 0 Å². The average Bonchev–Trinajstić information content (AvgIpc) is 3.03. The summed E-state index contributed by atoms with van der Waals surface area (Å²) < 4.78 is 25.8. The number of carbonyl (C=O) groups is 1. The maximum Gasteiger partial charge on any atom is 0.219 e. The highest BCUT2D eigenvalue weighted by atomic mass is 32.2. The maximum absolute atomic E-state index is 12.8. The van der Waals surface area contributed by atoms with Crippen LogP contribution in [0.3, 0.4) is 0 Å². The number of carbonyl (C=O) groups excluding carboxylic acids is 1. The summed E-state index contributed by atoms with van der Waals surface area (Å²) in [6, 6.07) is 12.3. The number of hydrogen-bond acceptors (Lipinski definition) is 4. The van der Waals surface area contributed by atoms with Crippen molar-refractivity contribution in [2.24, 2.45) is 0 Å². The second kappa shape index (κ2) is 6.87. The van der Waals surface area contributed by atoms with Gasteiger partial charge in [-0.25, -0.2) is 8.42 Å². The largest absolute Gasteiger partial charge is 0.354 e. The number of nitrogens with one attached hydrogen (secondary N) is 1. The molecular weight excluding hydrogens is 306 g/mol. The molecule has 1 aromatic carbocycles. The lowest BCUT2D eigenvalue weighted by Crippen LogP contribution is -2.31. The third kappa shape index (κ3) is 3.71. The average molecular weight is 323 g/mol. The Balaban J connectivity index is 2.34. The van der Waals surface area contributed by atoms with E-state index in [1.165, 1.54) is 11.3 Å². The molecule has 0 spiro atoms. The van der Waals surface area contributed by atoms with Crippen LogP contribution in [0.1, 0.15) is 24.2 Å². The fraction of sp³-hybridized carbons (Fsp3) is 0.267. The van der Waals surface area contributed by atoms with Crippen LogP contribution < -0.4 is 5.32 Å². The van der Waals surface area contributed by atoms with E-state index < -0.39 is 15.1 Å². The van der Waals surface area contributed by atoms with E-state index in [2.05, 4.69) is 5.32 Å². The fourth-order valence-electron chi connectivity index (χ4n) is 1.97. The Bertz CT molecular complexity index is 679. The molecule has 0 unspecified atom stereocenters. The van der Waals surface area contributed by atoms with Crippen molar-refractivity contribution in [1.29, 1.82) is 0 Å². The molecule has 0 aliphatic rings. The highest BCUT2D eigenvalue weighted by molar-refractivity contribution is 7.93. The lowest BCUT2D eigenvalue weighted by Gasteiger charge is -2.18. The fourth-order valence-corrected chi connectivity index (χ4v) is 4.84. The molecule has 1 amide bonds. The third-order valence-electron chi connectivity index (χ3n) is 3.13. The lowest BCUT2D eigenvalue weighted by molar-refractivity contribution is -0.120.